The first-order chi connectivity index (χ1) is 19.9. The molecule has 1 aliphatic rings. The van der Waals surface area contributed by atoms with E-state index in [2.05, 4.69) is 25.6 Å². The quantitative estimate of drug-likeness (QED) is 0.208. The zero-order valence-electron chi connectivity index (χ0n) is 23.0. The number of aliphatic hydroxyl groups excluding tert-OH is 1. The maximum absolute atomic E-state index is 12.1. The van der Waals surface area contributed by atoms with E-state index in [4.69, 9.17) is 24.7 Å². The van der Waals surface area contributed by atoms with Crippen LogP contribution in [-0.4, -0.2) is 76.6 Å². The Hall–Kier alpha value is -4.46. The van der Waals surface area contributed by atoms with Gasteiger partial charge in [0, 0.05) is 13.6 Å². The van der Waals surface area contributed by atoms with Gasteiger partial charge in [0.05, 0.1) is 26.6 Å². The van der Waals surface area contributed by atoms with E-state index in [1.165, 1.54) is 19.7 Å². The number of aliphatic hydroxyl groups is 1. The Kier molecular flexibility index (Phi) is 8.47. The van der Waals surface area contributed by atoms with Crippen LogP contribution >= 0.6 is 0 Å². The number of hydrogen-bond acceptors (Lipinski definition) is 11. The fraction of sp³-hybridized carbons (Fsp3) is 0.357. The van der Waals surface area contributed by atoms with Crippen LogP contribution in [0.2, 0.25) is 0 Å². The lowest BCUT2D eigenvalue weighted by molar-refractivity contribution is -0.134. The van der Waals surface area contributed by atoms with E-state index < -0.39 is 30.4 Å². The molecule has 216 valence electrons. The number of nitrogens with one attached hydrogen (secondary N) is 2. The van der Waals surface area contributed by atoms with Crippen LogP contribution < -0.4 is 30.6 Å². The molecule has 0 spiro atoms. The second-order valence-corrected chi connectivity index (χ2v) is 9.46. The monoisotopic (exact) mass is 563 g/mol. The highest BCUT2D eigenvalue weighted by molar-refractivity contribution is 5.83. The van der Waals surface area contributed by atoms with Crippen molar-refractivity contribution in [2.75, 3.05) is 33.1 Å². The number of ether oxygens (including phenoxy) is 4. The van der Waals surface area contributed by atoms with Crippen LogP contribution in [0.3, 0.4) is 0 Å². The molecule has 3 heterocycles. The van der Waals surface area contributed by atoms with Crippen LogP contribution in [0.1, 0.15) is 17.4 Å². The molecule has 4 aromatic rings. The van der Waals surface area contributed by atoms with Crippen molar-refractivity contribution in [3.63, 3.8) is 0 Å². The van der Waals surface area contributed by atoms with Crippen molar-refractivity contribution in [2.24, 2.45) is 5.73 Å². The summed E-state index contributed by atoms with van der Waals surface area (Å²) in [6.07, 6.45) is 0.437. The maximum Gasteiger partial charge on any atom is 0.250 e. The van der Waals surface area contributed by atoms with Crippen molar-refractivity contribution in [3.05, 3.63) is 66.2 Å². The Balaban J connectivity index is 1.28. The van der Waals surface area contributed by atoms with E-state index in [-0.39, 0.29) is 0 Å². The smallest absolute Gasteiger partial charge is 0.250 e. The third-order valence-electron chi connectivity index (χ3n) is 6.91. The molecule has 13 heteroatoms. The molecule has 13 nitrogen and oxygen atoms in total. The van der Waals surface area contributed by atoms with E-state index >= 15 is 0 Å². The van der Waals surface area contributed by atoms with Gasteiger partial charge >= 0.3 is 0 Å². The fourth-order valence-corrected chi connectivity index (χ4v) is 4.74. The maximum atomic E-state index is 12.1. The van der Waals surface area contributed by atoms with Crippen LogP contribution in [0.25, 0.3) is 11.2 Å². The summed E-state index contributed by atoms with van der Waals surface area (Å²) in [5.41, 5.74) is 8.96. The van der Waals surface area contributed by atoms with Crippen molar-refractivity contribution in [1.82, 2.24) is 24.8 Å². The lowest BCUT2D eigenvalue weighted by Crippen LogP contribution is -2.46. The fourth-order valence-electron chi connectivity index (χ4n) is 4.74. The first kappa shape index (κ1) is 28.1. The summed E-state index contributed by atoms with van der Waals surface area (Å²) in [7, 11) is 4.67. The van der Waals surface area contributed by atoms with Gasteiger partial charge in [0.1, 0.15) is 19.0 Å². The number of anilines is 1. The lowest BCUT2D eigenvalue weighted by atomic mass is 10.1. The second-order valence-electron chi connectivity index (χ2n) is 9.46. The van der Waals surface area contributed by atoms with Crippen molar-refractivity contribution in [1.29, 1.82) is 0 Å². The van der Waals surface area contributed by atoms with Gasteiger partial charge in [-0.15, -0.1) is 0 Å². The highest BCUT2D eigenvalue weighted by Crippen LogP contribution is 2.39. The van der Waals surface area contributed by atoms with Gasteiger partial charge in [0.25, 0.3) is 5.91 Å². The van der Waals surface area contributed by atoms with Gasteiger partial charge in [0.15, 0.2) is 40.8 Å². The number of benzene rings is 2. The number of fused-ring (bicyclic) bond motifs is 1. The topological polar surface area (TPSA) is 168 Å². The summed E-state index contributed by atoms with van der Waals surface area (Å²) >= 11 is 0. The summed E-state index contributed by atoms with van der Waals surface area (Å²) in [6.45, 7) is 0.897. The highest BCUT2D eigenvalue weighted by atomic mass is 16.5. The average molecular weight is 564 g/mol. The standard InChI is InChI=1S/C28H33N7O6/c1-30-27(37)24-20(29)22(36)28(41-24)35-15-34-21-25(32-14-33-26(21)35)31-10-9-17-11-18(38-2)23(19(12-17)39-3)40-13-16-7-5-4-6-8-16/h4-8,11-12,14-15,20,22,24,28,36H,9-10,13,29H2,1-3H3,(H,30,37)(H,31,32,33). The minimum atomic E-state index is -1.13. The van der Waals surface area contributed by atoms with E-state index in [9.17, 15) is 9.90 Å². The van der Waals surface area contributed by atoms with Crippen LogP contribution in [0.15, 0.2) is 55.1 Å². The summed E-state index contributed by atoms with van der Waals surface area (Å²) in [5.74, 6) is 1.77. The highest BCUT2D eigenvalue weighted by Gasteiger charge is 2.46. The summed E-state index contributed by atoms with van der Waals surface area (Å²) in [6, 6.07) is 12.8. The number of rotatable bonds is 11. The molecule has 4 unspecified atom stereocenters. The first-order valence-corrected chi connectivity index (χ1v) is 13.1. The number of nitrogens with zero attached hydrogens (tertiary/aromatic N) is 4. The van der Waals surface area contributed by atoms with Gasteiger partial charge in [0.2, 0.25) is 5.75 Å². The van der Waals surface area contributed by atoms with Gasteiger partial charge in [-0.05, 0) is 29.7 Å². The van der Waals surface area contributed by atoms with E-state index in [0.717, 1.165) is 11.1 Å². The minimum absolute atomic E-state index is 0.381. The predicted octanol–water partition coefficient (Wildman–Crippen LogP) is 1.41. The number of aromatic nitrogens is 4. The largest absolute Gasteiger partial charge is 0.493 e. The number of carbonyl (C=O) groups excluding carboxylic acids is 1. The third-order valence-corrected chi connectivity index (χ3v) is 6.91. The molecule has 1 aliphatic heterocycles. The molecular weight excluding hydrogens is 530 g/mol. The molecule has 41 heavy (non-hydrogen) atoms. The predicted molar refractivity (Wildman–Crippen MR) is 150 cm³/mol. The normalized spacial score (nSPS) is 20.1. The molecular formula is C28H33N7O6. The number of imidazole rings is 1. The molecule has 5 N–H and O–H groups in total. The minimum Gasteiger partial charge on any atom is -0.493 e. The Bertz CT molecular complexity index is 1470. The van der Waals surface area contributed by atoms with Crippen molar-refractivity contribution in [3.8, 4) is 17.2 Å². The van der Waals surface area contributed by atoms with E-state index in [0.29, 0.717) is 53.8 Å². The molecule has 2 aromatic carbocycles. The van der Waals surface area contributed by atoms with Gasteiger partial charge in [-0.1, -0.05) is 30.3 Å². The molecule has 0 radical (unpaired) electrons. The zero-order valence-corrected chi connectivity index (χ0v) is 23.0. The molecule has 0 saturated carbocycles. The molecule has 1 fully saturated rings. The summed E-state index contributed by atoms with van der Waals surface area (Å²) in [4.78, 5) is 25.2. The Morgan fingerprint density at radius 2 is 1.83 bits per heavy atom. The third kappa shape index (κ3) is 5.73. The lowest BCUT2D eigenvalue weighted by Gasteiger charge is -2.17. The molecule has 4 atom stereocenters. The second kappa shape index (κ2) is 12.4. The van der Waals surface area contributed by atoms with Crippen LogP contribution in [0.4, 0.5) is 5.82 Å². The van der Waals surface area contributed by atoms with Gasteiger partial charge in [-0.2, -0.15) is 0 Å². The molecule has 1 amide bonds. The summed E-state index contributed by atoms with van der Waals surface area (Å²) in [5, 5.41) is 16.5. The number of amides is 1. The SMILES string of the molecule is CNC(=O)C1OC(n2cnc3c(NCCc4cc(OC)c(OCc5ccccc5)c(OC)c4)ncnc32)C(O)C1N. The average Bonchev–Trinajstić information content (AvgIpc) is 3.56. The van der Waals surface area contributed by atoms with Crippen LogP contribution in [0, 0.1) is 0 Å². The molecule has 2 aromatic heterocycles. The van der Waals surface area contributed by atoms with Crippen molar-refractivity contribution < 1.29 is 28.8 Å². The van der Waals surface area contributed by atoms with E-state index in [1.807, 2.05) is 42.5 Å². The Morgan fingerprint density at radius 1 is 1.10 bits per heavy atom. The van der Waals surface area contributed by atoms with Crippen molar-refractivity contribution in [2.45, 2.75) is 37.5 Å². The van der Waals surface area contributed by atoms with Crippen LogP contribution in [0.5, 0.6) is 17.2 Å². The van der Waals surface area contributed by atoms with E-state index in [1.54, 1.807) is 18.8 Å². The number of likely N-dealkylation sites (N-methyl/N-ethyl adjacent to an activating group) is 1. The number of hydrogen-bond donors (Lipinski definition) is 4. The van der Waals surface area contributed by atoms with Gasteiger partial charge < -0.3 is 40.4 Å². The van der Waals surface area contributed by atoms with Crippen LogP contribution in [-0.2, 0) is 22.6 Å². The Labute approximate surface area is 236 Å². The molecule has 1 saturated heterocycles. The molecule has 5 rings (SSSR count). The molecule has 0 bridgehead atoms. The molecule has 0 aliphatic carbocycles. The van der Waals surface area contributed by atoms with Gasteiger partial charge in [-0.25, -0.2) is 15.0 Å². The number of carbonyl (C=O) groups is 1. The number of nitrogens with two attached hydrogens (primary N) is 1. The van der Waals surface area contributed by atoms with Gasteiger partial charge in [-0.3, -0.25) is 9.36 Å². The van der Waals surface area contributed by atoms with Crippen molar-refractivity contribution >= 4 is 22.9 Å². The number of methoxy groups -OCH3 is 2. The summed E-state index contributed by atoms with van der Waals surface area (Å²) < 4.78 is 24.6. The Morgan fingerprint density at radius 3 is 2.51 bits per heavy atom. The zero-order chi connectivity index (χ0) is 28.9. The first-order valence-electron chi connectivity index (χ1n) is 13.1.